The molecule has 0 saturated heterocycles. The molecule has 0 atom stereocenters. The van der Waals surface area contributed by atoms with E-state index in [0.29, 0.717) is 22.8 Å². The van der Waals surface area contributed by atoms with Crippen LogP contribution in [0.15, 0.2) is 148 Å². The number of nitriles is 2. The van der Waals surface area contributed by atoms with Gasteiger partial charge < -0.3 is 34.5 Å². The molecule has 0 fully saturated rings. The average molecular weight is 946 g/mol. The van der Waals surface area contributed by atoms with E-state index in [1.807, 2.05) is 48.5 Å². The standard InChI is InChI=1S/2C18H12N6.2C2H3N.2BF4.Zn/c2*1-3-19-4-2-13(1)14-9-15(17-11-20-5-7-22-17)24-16(10-14)18-12-21-6-8-23-18;2*1-2-3;2*2-1(3,4)5;/h2*1-12H;2*1H3;;;/q;;;;2*-1;+2. The van der Waals surface area contributed by atoms with Crippen LogP contribution >= 0.6 is 0 Å². The van der Waals surface area contributed by atoms with E-state index < -0.39 is 14.5 Å². The van der Waals surface area contributed by atoms with E-state index in [4.69, 9.17) is 10.5 Å². The van der Waals surface area contributed by atoms with Crippen molar-refractivity contribution in [1.82, 2.24) is 59.8 Å². The van der Waals surface area contributed by atoms with Crippen molar-refractivity contribution in [3.63, 3.8) is 0 Å². The summed E-state index contributed by atoms with van der Waals surface area (Å²) in [5.74, 6) is 0. The van der Waals surface area contributed by atoms with Gasteiger partial charge >= 0.3 is 34.0 Å². The van der Waals surface area contributed by atoms with E-state index >= 15 is 0 Å². The number of rotatable bonds is 6. The molecule has 14 nitrogen and oxygen atoms in total. The Bertz CT molecular complexity index is 2180. The Morgan fingerprint density at radius 1 is 0.354 bits per heavy atom. The van der Waals surface area contributed by atoms with Crippen molar-refractivity contribution in [2.45, 2.75) is 13.8 Å². The Balaban J connectivity index is 0.000000333. The van der Waals surface area contributed by atoms with Gasteiger partial charge in [0.15, 0.2) is 0 Å². The van der Waals surface area contributed by atoms with E-state index in [9.17, 15) is 34.5 Å². The quantitative estimate of drug-likeness (QED) is 0.113. The third kappa shape index (κ3) is 21.2. The molecule has 8 heterocycles. The molecular formula is C40H30B2F8N14Zn. The predicted octanol–water partition coefficient (Wildman–Crippen LogP) is 9.77. The maximum absolute atomic E-state index is 9.75. The van der Waals surface area contributed by atoms with E-state index in [2.05, 4.69) is 59.8 Å². The van der Waals surface area contributed by atoms with Gasteiger partial charge in [0, 0.05) is 88.2 Å². The second kappa shape index (κ2) is 27.9. The van der Waals surface area contributed by atoms with Gasteiger partial charge in [-0.15, -0.1) is 0 Å². The average Bonchev–Trinajstić information content (AvgIpc) is 3.30. The Kier molecular flexibility index (Phi) is 22.9. The third-order valence-electron chi connectivity index (χ3n) is 6.98. The van der Waals surface area contributed by atoms with E-state index in [0.717, 1.165) is 45.0 Å². The number of nitrogens with zero attached hydrogens (tertiary/aromatic N) is 14. The normalized spacial score (nSPS) is 9.85. The molecule has 0 aliphatic heterocycles. The summed E-state index contributed by atoms with van der Waals surface area (Å²) in [6.45, 7) is 2.86. The van der Waals surface area contributed by atoms with Crippen LogP contribution in [0, 0.1) is 22.7 Å². The van der Waals surface area contributed by atoms with Crippen molar-refractivity contribution in [3.05, 3.63) is 148 Å². The topological polar surface area (TPSA) is 202 Å². The molecule has 0 aliphatic rings. The number of pyridine rings is 4. The number of hydrogen-bond donors (Lipinski definition) is 0. The van der Waals surface area contributed by atoms with Gasteiger partial charge in [0.2, 0.25) is 0 Å². The van der Waals surface area contributed by atoms with Crippen molar-refractivity contribution < 1.29 is 54.0 Å². The van der Waals surface area contributed by atoms with Crippen LogP contribution in [0.3, 0.4) is 0 Å². The van der Waals surface area contributed by atoms with Gasteiger partial charge in [-0.1, -0.05) is 0 Å². The number of aromatic nitrogens is 12. The van der Waals surface area contributed by atoms with Crippen LogP contribution in [0.4, 0.5) is 34.5 Å². The first-order valence-electron chi connectivity index (χ1n) is 17.9. The summed E-state index contributed by atoms with van der Waals surface area (Å²) in [7, 11) is -12.0. The fourth-order valence-electron chi connectivity index (χ4n) is 4.73. The molecule has 0 bridgehead atoms. The molecule has 25 heteroatoms. The molecule has 8 rings (SSSR count). The second-order valence-electron chi connectivity index (χ2n) is 11.5. The zero-order chi connectivity index (χ0) is 46.8. The molecule has 65 heavy (non-hydrogen) atoms. The Labute approximate surface area is 379 Å². The van der Waals surface area contributed by atoms with Crippen LogP contribution in [0.5, 0.6) is 0 Å². The van der Waals surface area contributed by atoms with Gasteiger partial charge in [-0.05, 0) is 70.8 Å². The SMILES string of the molecule is CC#N.CC#N.F[B-](F)(F)F.F[B-](F)(F)F.[Zn+2].c1cc(-c2cc(-c3cnccn3)nc(-c3cnccn3)c2)ccn1.c1cc(-c2cc(-c3cnccn3)nc(-c3cnccn3)c2)ccn1. The summed E-state index contributed by atoms with van der Waals surface area (Å²) in [5, 5.41) is 14.6. The third-order valence-corrected chi connectivity index (χ3v) is 6.98. The van der Waals surface area contributed by atoms with Gasteiger partial charge in [0.1, 0.15) is 22.8 Å². The van der Waals surface area contributed by atoms with Gasteiger partial charge in [-0.3, -0.25) is 49.8 Å². The van der Waals surface area contributed by atoms with Crippen LogP contribution < -0.4 is 0 Å². The van der Waals surface area contributed by atoms with Crippen molar-refractivity contribution in [2.75, 3.05) is 0 Å². The fourth-order valence-corrected chi connectivity index (χ4v) is 4.73. The minimum Gasteiger partial charge on any atom is -0.418 e. The van der Waals surface area contributed by atoms with Crippen molar-refractivity contribution in [2.24, 2.45) is 0 Å². The zero-order valence-electron chi connectivity index (χ0n) is 34.0. The second-order valence-corrected chi connectivity index (χ2v) is 11.5. The molecule has 0 radical (unpaired) electrons. The summed E-state index contributed by atoms with van der Waals surface area (Å²) >= 11 is 0. The van der Waals surface area contributed by atoms with E-state index in [1.54, 1.807) is 111 Å². The summed E-state index contributed by atoms with van der Waals surface area (Å²) < 4.78 is 78.0. The largest absolute Gasteiger partial charge is 2.00 e. The zero-order valence-corrected chi connectivity index (χ0v) is 37.0. The molecule has 0 aliphatic carbocycles. The van der Waals surface area contributed by atoms with E-state index in [-0.39, 0.29) is 19.5 Å². The van der Waals surface area contributed by atoms with Crippen molar-refractivity contribution >= 4 is 14.5 Å². The molecule has 0 N–H and O–H groups in total. The van der Waals surface area contributed by atoms with Gasteiger partial charge in [0.05, 0.1) is 59.7 Å². The predicted molar refractivity (Wildman–Crippen MR) is 222 cm³/mol. The molecule has 8 aromatic rings. The first kappa shape index (κ1) is 53.2. The summed E-state index contributed by atoms with van der Waals surface area (Å²) in [6.07, 6.45) is 27.0. The van der Waals surface area contributed by atoms with Gasteiger partial charge in [0.25, 0.3) is 0 Å². The first-order chi connectivity index (χ1) is 30.6. The molecule has 8 aromatic heterocycles. The molecule has 324 valence electrons. The van der Waals surface area contributed by atoms with Crippen LogP contribution in [0.2, 0.25) is 0 Å². The number of halogens is 8. The Morgan fingerprint density at radius 2 is 0.569 bits per heavy atom. The smallest absolute Gasteiger partial charge is 0.418 e. The molecule has 0 amide bonds. The van der Waals surface area contributed by atoms with Crippen LogP contribution in [0.25, 0.3) is 67.8 Å². The minimum absolute atomic E-state index is 0. The monoisotopic (exact) mass is 944 g/mol. The number of hydrogen-bond acceptors (Lipinski definition) is 14. The minimum atomic E-state index is -6.00. The maximum Gasteiger partial charge on any atom is 2.00 e. The van der Waals surface area contributed by atoms with Crippen LogP contribution in [-0.2, 0) is 19.5 Å². The molecule has 0 aromatic carbocycles. The molecule has 0 unspecified atom stereocenters. The first-order valence-corrected chi connectivity index (χ1v) is 17.9. The molecule has 0 spiro atoms. The Hall–Kier alpha value is -7.91. The van der Waals surface area contributed by atoms with E-state index in [1.165, 1.54) is 13.8 Å². The van der Waals surface area contributed by atoms with Crippen LogP contribution in [0.1, 0.15) is 13.8 Å². The van der Waals surface area contributed by atoms with Gasteiger partial charge in [-0.25, -0.2) is 9.97 Å². The maximum atomic E-state index is 9.75. The van der Waals surface area contributed by atoms with Crippen molar-refractivity contribution in [3.8, 4) is 79.9 Å². The fraction of sp³-hybridized carbons (Fsp3) is 0.0500. The van der Waals surface area contributed by atoms with Gasteiger partial charge in [-0.2, -0.15) is 10.5 Å². The molecular weight excluding hydrogens is 916 g/mol. The van der Waals surface area contributed by atoms with Crippen molar-refractivity contribution in [1.29, 1.82) is 10.5 Å². The Morgan fingerprint density at radius 3 is 0.754 bits per heavy atom. The molecule has 0 saturated carbocycles. The van der Waals surface area contributed by atoms with Crippen LogP contribution in [-0.4, -0.2) is 74.3 Å². The summed E-state index contributed by atoms with van der Waals surface area (Å²) in [4.78, 5) is 51.4. The summed E-state index contributed by atoms with van der Waals surface area (Å²) in [5.41, 5.74) is 9.87. The summed E-state index contributed by atoms with van der Waals surface area (Å²) in [6, 6.07) is 19.3.